The molecule has 2 aromatic rings. The molecule has 0 radical (unpaired) electrons. The molecule has 148 valence electrons. The molecule has 0 aromatic heterocycles. The molecule has 0 saturated carbocycles. The van der Waals surface area contributed by atoms with Crippen molar-refractivity contribution >= 4 is 61.5 Å². The number of halogens is 2. The molecule has 2 rings (SSSR count). The van der Waals surface area contributed by atoms with Crippen molar-refractivity contribution in [1.82, 2.24) is 0 Å². The van der Waals surface area contributed by atoms with E-state index < -0.39 is 0 Å². The Labute approximate surface area is 192 Å². The first-order chi connectivity index (χ1) is 13.0. The van der Waals surface area contributed by atoms with E-state index in [1.54, 1.807) is 18.2 Å². The molecule has 0 heterocycles. The molecule has 28 heavy (non-hydrogen) atoms. The van der Waals surface area contributed by atoms with Crippen LogP contribution in [0.2, 0.25) is 10.0 Å². The molecule has 2 atom stereocenters. The Bertz CT molecular complexity index is 763. The number of carbonyl (C=O) groups is 1. The molecule has 0 spiro atoms. The van der Waals surface area contributed by atoms with E-state index in [4.69, 9.17) is 27.9 Å². The summed E-state index contributed by atoms with van der Waals surface area (Å²) in [4.78, 5) is 12.7. The summed E-state index contributed by atoms with van der Waals surface area (Å²) in [5.41, 5.74) is 1.40. The van der Waals surface area contributed by atoms with E-state index in [2.05, 4.69) is 13.8 Å². The maximum atomic E-state index is 12.7. The standard InChI is InChI=1S/C22H27Cl2O2P.Li.H/c1-4-6-8-16(5-2)14-26-17-11-12-20(15(3)13-17)27-22(25)21-18(23)9-7-10-19(21)24;;/h7,9-13,16,27H,4-6,8,14H2,1-3H3;;. The Morgan fingerprint density at radius 1 is 1.14 bits per heavy atom. The van der Waals surface area contributed by atoms with Gasteiger partial charge in [-0.1, -0.05) is 68.4 Å². The minimum absolute atomic E-state index is 0. The van der Waals surface area contributed by atoms with Gasteiger partial charge >= 0.3 is 18.9 Å². The van der Waals surface area contributed by atoms with Gasteiger partial charge in [0.2, 0.25) is 0 Å². The number of hydrogen-bond acceptors (Lipinski definition) is 2. The van der Waals surface area contributed by atoms with Crippen LogP contribution < -0.4 is 10.0 Å². The van der Waals surface area contributed by atoms with Crippen molar-refractivity contribution in [3.05, 3.63) is 57.6 Å². The summed E-state index contributed by atoms with van der Waals surface area (Å²) < 4.78 is 6.00. The minimum atomic E-state index is -0.0482. The molecule has 0 bridgehead atoms. The molecule has 0 N–H and O–H groups in total. The Morgan fingerprint density at radius 2 is 1.82 bits per heavy atom. The topological polar surface area (TPSA) is 26.3 Å². The second-order valence-corrected chi connectivity index (χ2v) is 8.81. The molecular weight excluding hydrogens is 405 g/mol. The van der Waals surface area contributed by atoms with Gasteiger partial charge in [-0.2, -0.15) is 0 Å². The van der Waals surface area contributed by atoms with Crippen LogP contribution in [0.5, 0.6) is 5.75 Å². The van der Waals surface area contributed by atoms with Crippen molar-refractivity contribution in [2.75, 3.05) is 6.61 Å². The van der Waals surface area contributed by atoms with Gasteiger partial charge in [-0.15, -0.1) is 0 Å². The van der Waals surface area contributed by atoms with E-state index in [0.717, 1.165) is 29.6 Å². The number of benzene rings is 2. The Balaban J connectivity index is 0.00000392. The number of rotatable bonds is 10. The molecule has 6 heteroatoms. The van der Waals surface area contributed by atoms with Crippen molar-refractivity contribution in [3.63, 3.8) is 0 Å². The zero-order valence-corrected chi connectivity index (χ0v) is 18.7. The fourth-order valence-corrected chi connectivity index (χ4v) is 4.68. The van der Waals surface area contributed by atoms with E-state index in [9.17, 15) is 4.79 Å². The molecular formula is C22H28Cl2LiO2P. The van der Waals surface area contributed by atoms with Crippen LogP contribution in [-0.2, 0) is 0 Å². The van der Waals surface area contributed by atoms with E-state index in [-0.39, 0.29) is 33.0 Å². The first kappa shape index (κ1) is 25.6. The van der Waals surface area contributed by atoms with Crippen LogP contribution in [0, 0.1) is 12.8 Å². The average molecular weight is 433 g/mol. The van der Waals surface area contributed by atoms with Crippen molar-refractivity contribution in [2.24, 2.45) is 5.92 Å². The summed E-state index contributed by atoms with van der Waals surface area (Å²) in [6, 6.07) is 11.1. The fourth-order valence-electron chi connectivity index (χ4n) is 2.88. The van der Waals surface area contributed by atoms with Crippen molar-refractivity contribution in [3.8, 4) is 5.75 Å². The maximum absolute atomic E-state index is 12.7. The van der Waals surface area contributed by atoms with Gasteiger partial charge in [0, 0.05) is 0 Å². The first-order valence-corrected chi connectivity index (χ1v) is 11.2. The van der Waals surface area contributed by atoms with Crippen LogP contribution in [-0.4, -0.2) is 31.0 Å². The summed E-state index contributed by atoms with van der Waals surface area (Å²) in [6.45, 7) is 7.18. The van der Waals surface area contributed by atoms with Crippen molar-refractivity contribution in [1.29, 1.82) is 0 Å². The summed E-state index contributed by atoms with van der Waals surface area (Å²) in [7, 11) is -0.0223. The van der Waals surface area contributed by atoms with Crippen LogP contribution >= 0.6 is 31.8 Å². The predicted molar refractivity (Wildman–Crippen MR) is 126 cm³/mol. The van der Waals surface area contributed by atoms with Gasteiger partial charge in [0.05, 0.1) is 22.2 Å². The van der Waals surface area contributed by atoms with E-state index >= 15 is 0 Å². The molecule has 0 saturated heterocycles. The molecule has 2 nitrogen and oxygen atoms in total. The number of aryl methyl sites for hydroxylation is 1. The first-order valence-electron chi connectivity index (χ1n) is 9.45. The monoisotopic (exact) mass is 432 g/mol. The van der Waals surface area contributed by atoms with Gasteiger partial charge in [0.15, 0.2) is 5.52 Å². The summed E-state index contributed by atoms with van der Waals surface area (Å²) in [5.74, 6) is 1.45. The van der Waals surface area contributed by atoms with E-state index in [0.29, 0.717) is 21.5 Å². The molecule has 0 aliphatic carbocycles. The van der Waals surface area contributed by atoms with Gasteiger partial charge in [-0.05, 0) is 63.0 Å². The van der Waals surface area contributed by atoms with Gasteiger partial charge in [-0.25, -0.2) is 0 Å². The van der Waals surface area contributed by atoms with Crippen LogP contribution in [0.4, 0.5) is 0 Å². The number of hydrogen-bond donors (Lipinski definition) is 0. The summed E-state index contributed by atoms with van der Waals surface area (Å²) in [5, 5.41) is 1.78. The van der Waals surface area contributed by atoms with Gasteiger partial charge in [0.25, 0.3) is 0 Å². The number of ether oxygens (including phenoxy) is 1. The zero-order valence-electron chi connectivity index (χ0n) is 16.1. The van der Waals surface area contributed by atoms with Crippen LogP contribution in [0.15, 0.2) is 36.4 Å². The molecule has 0 aliphatic heterocycles. The fraction of sp³-hybridized carbons (Fsp3) is 0.409. The second-order valence-electron chi connectivity index (χ2n) is 6.76. The van der Waals surface area contributed by atoms with Gasteiger partial charge < -0.3 is 4.74 Å². The summed E-state index contributed by atoms with van der Waals surface area (Å²) in [6.07, 6.45) is 4.80. The SMILES string of the molecule is CCCCC(CC)COc1ccc(PC(=O)c2c(Cl)cccc2Cl)c(C)c1.[LiH]. The average Bonchev–Trinajstić information content (AvgIpc) is 2.64. The Morgan fingerprint density at radius 3 is 2.39 bits per heavy atom. The van der Waals surface area contributed by atoms with Crippen molar-refractivity contribution < 1.29 is 9.53 Å². The third kappa shape index (κ3) is 7.40. The Kier molecular flexibility index (Phi) is 11.8. The normalized spacial score (nSPS) is 12.0. The molecule has 2 unspecified atom stereocenters. The van der Waals surface area contributed by atoms with E-state index in [1.165, 1.54) is 19.3 Å². The summed E-state index contributed by atoms with van der Waals surface area (Å²) >= 11 is 12.3. The quantitative estimate of drug-likeness (QED) is 0.321. The molecule has 0 aliphatic rings. The number of carbonyl (C=O) groups excluding carboxylic acids is 1. The van der Waals surface area contributed by atoms with Crippen LogP contribution in [0.25, 0.3) is 0 Å². The zero-order chi connectivity index (χ0) is 19.8. The molecule has 0 fully saturated rings. The van der Waals surface area contributed by atoms with E-state index in [1.807, 2.05) is 25.1 Å². The van der Waals surface area contributed by atoms with Crippen LogP contribution in [0.1, 0.15) is 55.5 Å². The van der Waals surface area contributed by atoms with Gasteiger partial charge in [-0.3, -0.25) is 4.79 Å². The second kappa shape index (κ2) is 12.9. The Hall–Kier alpha value is -0.483. The van der Waals surface area contributed by atoms with Crippen molar-refractivity contribution in [2.45, 2.75) is 46.5 Å². The third-order valence-corrected chi connectivity index (χ3v) is 6.60. The van der Waals surface area contributed by atoms with Gasteiger partial charge in [0.1, 0.15) is 5.75 Å². The molecule has 0 amide bonds. The van der Waals surface area contributed by atoms with Crippen LogP contribution in [0.3, 0.4) is 0 Å². The predicted octanol–water partition coefficient (Wildman–Crippen LogP) is 6.39. The number of unbranched alkanes of at least 4 members (excludes halogenated alkanes) is 1. The molecule has 2 aromatic carbocycles. The third-order valence-electron chi connectivity index (χ3n) is 4.66.